The maximum Gasteiger partial charge on any atom is 0.335 e. The zero-order valence-corrected chi connectivity index (χ0v) is 15.0. The molecule has 0 spiro atoms. The molecule has 0 bridgehead atoms. The topological polar surface area (TPSA) is 86.7 Å². The van der Waals surface area contributed by atoms with Crippen molar-refractivity contribution in [1.29, 1.82) is 0 Å². The minimum Gasteiger partial charge on any atom is -0.388 e. The highest BCUT2D eigenvalue weighted by Gasteiger charge is 2.30. The lowest BCUT2D eigenvalue weighted by atomic mass is 9.99. The van der Waals surface area contributed by atoms with Gasteiger partial charge in [-0.1, -0.05) is 29.3 Å². The first kappa shape index (κ1) is 17.7. The summed E-state index contributed by atoms with van der Waals surface area (Å²) in [5.74, 6) is 0. The Morgan fingerprint density at radius 2 is 1.92 bits per heavy atom. The number of fused-ring (bicyclic) bond motifs is 1. The lowest BCUT2D eigenvalue weighted by Crippen LogP contribution is -2.45. The van der Waals surface area contributed by atoms with E-state index >= 15 is 0 Å². The molecule has 2 aromatic rings. The molecule has 25 heavy (non-hydrogen) atoms. The van der Waals surface area contributed by atoms with Gasteiger partial charge in [-0.15, -0.1) is 0 Å². The molecule has 0 aromatic heterocycles. The van der Waals surface area contributed by atoms with Gasteiger partial charge in [0.25, 0.3) is 10.0 Å². The van der Waals surface area contributed by atoms with Crippen LogP contribution in [0, 0.1) is 6.92 Å². The number of sulfonamides is 1. The Balaban J connectivity index is 1.87. The maximum atomic E-state index is 12.5. The second kappa shape index (κ2) is 6.67. The third-order valence-electron chi connectivity index (χ3n) is 4.06. The number of hydrogen-bond acceptors (Lipinski definition) is 4. The number of halogens is 1. The van der Waals surface area contributed by atoms with Crippen LogP contribution < -0.4 is 9.62 Å². The normalized spacial score (nSPS) is 17.1. The maximum absolute atomic E-state index is 12.5. The van der Waals surface area contributed by atoms with Crippen LogP contribution in [-0.4, -0.2) is 26.1 Å². The first-order valence-corrected chi connectivity index (χ1v) is 9.52. The second-order valence-electron chi connectivity index (χ2n) is 5.88. The number of rotatable bonds is 2. The Hall–Kier alpha value is -2.09. The molecule has 0 radical (unpaired) electrons. The number of urea groups is 1. The summed E-state index contributed by atoms with van der Waals surface area (Å²) in [6.07, 6.45) is -0.447. The van der Waals surface area contributed by atoms with E-state index in [2.05, 4.69) is 4.72 Å². The van der Waals surface area contributed by atoms with Crippen molar-refractivity contribution in [3.63, 3.8) is 0 Å². The van der Waals surface area contributed by atoms with Gasteiger partial charge in [0.1, 0.15) is 0 Å². The van der Waals surface area contributed by atoms with Gasteiger partial charge in [-0.3, -0.25) is 4.90 Å². The first-order chi connectivity index (χ1) is 11.8. The van der Waals surface area contributed by atoms with Crippen LogP contribution in [0.2, 0.25) is 5.02 Å². The van der Waals surface area contributed by atoms with Crippen molar-refractivity contribution in [3.05, 3.63) is 58.6 Å². The number of carbonyl (C=O) groups is 1. The fraction of sp³-hybridized carbons (Fsp3) is 0.235. The van der Waals surface area contributed by atoms with Gasteiger partial charge >= 0.3 is 6.03 Å². The molecule has 0 fully saturated rings. The van der Waals surface area contributed by atoms with E-state index in [1.54, 1.807) is 30.3 Å². The molecule has 1 aliphatic rings. The lowest BCUT2D eigenvalue weighted by molar-refractivity contribution is 0.164. The standard InChI is InChI=1S/C17H17ClN2O4S/c1-11-2-5-13(6-3-11)25(23,24)19-17(22)20-9-8-16(21)14-10-12(18)4-7-15(14)20/h2-7,10,16,21H,8-9H2,1H3,(H,19,22). The van der Waals surface area contributed by atoms with E-state index in [9.17, 15) is 18.3 Å². The van der Waals surface area contributed by atoms with Crippen molar-refractivity contribution in [2.45, 2.75) is 24.3 Å². The first-order valence-electron chi connectivity index (χ1n) is 7.66. The van der Waals surface area contributed by atoms with Gasteiger partial charge in [-0.05, 0) is 43.7 Å². The number of carbonyl (C=O) groups excluding carboxylic acids is 1. The van der Waals surface area contributed by atoms with Crippen LogP contribution >= 0.6 is 11.6 Å². The number of aliphatic hydroxyl groups is 1. The number of nitrogens with one attached hydrogen (secondary N) is 1. The van der Waals surface area contributed by atoms with Gasteiger partial charge in [0.15, 0.2) is 0 Å². The molecule has 2 N–H and O–H groups in total. The second-order valence-corrected chi connectivity index (χ2v) is 8.00. The molecule has 8 heteroatoms. The SMILES string of the molecule is Cc1ccc(S(=O)(=O)NC(=O)N2CCC(O)c3cc(Cl)ccc32)cc1. The van der Waals surface area contributed by atoms with E-state index < -0.39 is 22.2 Å². The predicted molar refractivity (Wildman–Crippen MR) is 95.3 cm³/mol. The molecule has 0 saturated carbocycles. The molecule has 2 amide bonds. The lowest BCUT2D eigenvalue weighted by Gasteiger charge is -2.32. The van der Waals surface area contributed by atoms with Crippen LogP contribution in [0.15, 0.2) is 47.4 Å². The van der Waals surface area contributed by atoms with Crippen molar-refractivity contribution in [3.8, 4) is 0 Å². The molecule has 1 aliphatic heterocycles. The summed E-state index contributed by atoms with van der Waals surface area (Å²) in [6.45, 7) is 2.04. The highest BCUT2D eigenvalue weighted by molar-refractivity contribution is 7.90. The highest BCUT2D eigenvalue weighted by atomic mass is 35.5. The Bertz CT molecular complexity index is 913. The van der Waals surface area contributed by atoms with Crippen LogP contribution in [0.3, 0.4) is 0 Å². The molecule has 1 heterocycles. The van der Waals surface area contributed by atoms with Crippen molar-refractivity contribution >= 4 is 33.3 Å². The smallest absolute Gasteiger partial charge is 0.335 e. The van der Waals surface area contributed by atoms with Gasteiger partial charge in [0, 0.05) is 17.1 Å². The summed E-state index contributed by atoms with van der Waals surface area (Å²) in [6, 6.07) is 10.2. The molecule has 2 aromatic carbocycles. The van der Waals surface area contributed by atoms with Gasteiger partial charge in [0.2, 0.25) is 0 Å². The molecular weight excluding hydrogens is 364 g/mol. The summed E-state index contributed by atoms with van der Waals surface area (Å²) in [5.41, 5.74) is 1.86. The summed E-state index contributed by atoms with van der Waals surface area (Å²) in [4.78, 5) is 13.8. The van der Waals surface area contributed by atoms with Gasteiger partial charge < -0.3 is 5.11 Å². The minimum atomic E-state index is -3.98. The van der Waals surface area contributed by atoms with Gasteiger partial charge in [-0.2, -0.15) is 0 Å². The molecule has 1 unspecified atom stereocenters. The number of aliphatic hydroxyl groups excluding tert-OH is 1. The summed E-state index contributed by atoms with van der Waals surface area (Å²) in [5, 5.41) is 10.5. The number of amides is 2. The summed E-state index contributed by atoms with van der Waals surface area (Å²) >= 11 is 5.94. The number of benzene rings is 2. The van der Waals surface area contributed by atoms with Crippen LogP contribution in [0.4, 0.5) is 10.5 Å². The Kier molecular flexibility index (Phi) is 4.73. The van der Waals surface area contributed by atoms with Crippen LogP contribution in [0.5, 0.6) is 0 Å². The van der Waals surface area contributed by atoms with E-state index in [1.165, 1.54) is 17.0 Å². The van der Waals surface area contributed by atoms with Gasteiger partial charge in [-0.25, -0.2) is 17.9 Å². The molecule has 6 nitrogen and oxygen atoms in total. The van der Waals surface area contributed by atoms with Crippen LogP contribution in [0.25, 0.3) is 0 Å². The number of aryl methyl sites for hydroxylation is 1. The fourth-order valence-corrected chi connectivity index (χ4v) is 3.86. The van der Waals surface area contributed by atoms with Crippen molar-refractivity contribution in [2.24, 2.45) is 0 Å². The average molecular weight is 381 g/mol. The zero-order chi connectivity index (χ0) is 18.2. The highest BCUT2D eigenvalue weighted by Crippen LogP contribution is 2.35. The third kappa shape index (κ3) is 3.63. The quantitative estimate of drug-likeness (QED) is 0.838. The predicted octanol–water partition coefficient (Wildman–Crippen LogP) is 2.99. The zero-order valence-electron chi connectivity index (χ0n) is 13.4. The van der Waals surface area contributed by atoms with E-state index in [4.69, 9.17) is 11.6 Å². The van der Waals surface area contributed by atoms with Crippen molar-refractivity contribution < 1.29 is 18.3 Å². The molecule has 3 rings (SSSR count). The molecular formula is C17H17ClN2O4S. The van der Waals surface area contributed by atoms with Crippen molar-refractivity contribution in [1.82, 2.24) is 4.72 Å². The molecule has 0 saturated heterocycles. The van der Waals surface area contributed by atoms with Gasteiger partial charge in [0.05, 0.1) is 16.7 Å². The Morgan fingerprint density at radius 1 is 1.24 bits per heavy atom. The number of hydrogen-bond donors (Lipinski definition) is 2. The van der Waals surface area contributed by atoms with Crippen molar-refractivity contribution in [2.75, 3.05) is 11.4 Å². The molecule has 0 aliphatic carbocycles. The number of anilines is 1. The van der Waals surface area contributed by atoms with Crippen LogP contribution in [0.1, 0.15) is 23.7 Å². The van der Waals surface area contributed by atoms with E-state index in [-0.39, 0.29) is 11.4 Å². The number of nitrogens with zero attached hydrogens (tertiary/aromatic N) is 1. The summed E-state index contributed by atoms with van der Waals surface area (Å²) in [7, 11) is -3.98. The fourth-order valence-electron chi connectivity index (χ4n) is 2.72. The monoisotopic (exact) mass is 380 g/mol. The molecule has 132 valence electrons. The average Bonchev–Trinajstić information content (AvgIpc) is 2.55. The van der Waals surface area contributed by atoms with E-state index in [0.717, 1.165) is 5.56 Å². The van der Waals surface area contributed by atoms with Crippen LogP contribution in [-0.2, 0) is 10.0 Å². The third-order valence-corrected chi connectivity index (χ3v) is 5.63. The Morgan fingerprint density at radius 3 is 2.60 bits per heavy atom. The minimum absolute atomic E-state index is 0.0137. The summed E-state index contributed by atoms with van der Waals surface area (Å²) < 4.78 is 26.9. The van der Waals surface area contributed by atoms with E-state index in [0.29, 0.717) is 22.7 Å². The Labute approximate surface area is 151 Å². The molecule has 1 atom stereocenters. The largest absolute Gasteiger partial charge is 0.388 e. The van der Waals surface area contributed by atoms with E-state index in [1.807, 2.05) is 6.92 Å².